The minimum absolute atomic E-state index is 0.0828. The average molecular weight is 403 g/mol. The van der Waals surface area contributed by atoms with E-state index >= 15 is 0 Å². The normalized spacial score (nSPS) is 17.7. The van der Waals surface area contributed by atoms with Crippen molar-refractivity contribution in [3.63, 3.8) is 0 Å². The molecule has 0 radical (unpaired) electrons. The molecule has 0 bridgehead atoms. The summed E-state index contributed by atoms with van der Waals surface area (Å²) in [5, 5.41) is 6.69. The van der Waals surface area contributed by atoms with Crippen molar-refractivity contribution in [1.82, 2.24) is 14.9 Å². The van der Waals surface area contributed by atoms with Crippen molar-refractivity contribution in [3.8, 4) is 0 Å². The van der Waals surface area contributed by atoms with Gasteiger partial charge in [-0.05, 0) is 18.6 Å². The Morgan fingerprint density at radius 3 is 2.81 bits per heavy atom. The molecule has 2 aromatic rings. The molecule has 26 heavy (non-hydrogen) atoms. The standard InChI is InChI=1S/C15H16F3N5OS2/c1-9-6-7-22(10-4-2-3-5-11(10)26-9)12(24)8-25-14-21-20-13(23(14)19)15(16,17)18/h2-5,9H,6-8,19H2,1H3/t9-/m1/s1. The number of fused-ring (bicyclic) bond motifs is 1. The number of carbonyl (C=O) groups is 1. The molecule has 2 N–H and O–H groups in total. The maximum atomic E-state index is 12.7. The van der Waals surface area contributed by atoms with Gasteiger partial charge in [0.25, 0.3) is 5.82 Å². The van der Waals surface area contributed by atoms with Crippen LogP contribution in [-0.4, -0.2) is 38.3 Å². The van der Waals surface area contributed by atoms with Gasteiger partial charge in [0.2, 0.25) is 11.1 Å². The van der Waals surface area contributed by atoms with E-state index in [-0.39, 0.29) is 16.8 Å². The number of hydrogen-bond donors (Lipinski definition) is 1. The highest BCUT2D eigenvalue weighted by Crippen LogP contribution is 2.37. The number of thioether (sulfide) groups is 2. The summed E-state index contributed by atoms with van der Waals surface area (Å²) in [6, 6.07) is 7.60. The molecule has 11 heteroatoms. The Kier molecular flexibility index (Phi) is 5.37. The number of aromatic nitrogens is 3. The highest BCUT2D eigenvalue weighted by Gasteiger charge is 2.38. The molecule has 1 aromatic carbocycles. The second-order valence-electron chi connectivity index (χ2n) is 5.69. The third-order valence-electron chi connectivity index (χ3n) is 3.79. The van der Waals surface area contributed by atoms with Gasteiger partial charge in [-0.2, -0.15) is 13.2 Å². The van der Waals surface area contributed by atoms with Crippen LogP contribution < -0.4 is 10.7 Å². The lowest BCUT2D eigenvalue weighted by Gasteiger charge is -2.22. The Labute approximate surface area is 156 Å². The predicted octanol–water partition coefficient (Wildman–Crippen LogP) is 3.02. The van der Waals surface area contributed by atoms with Crippen molar-refractivity contribution in [3.05, 3.63) is 30.1 Å². The predicted molar refractivity (Wildman–Crippen MR) is 94.6 cm³/mol. The second kappa shape index (κ2) is 7.39. The first-order valence-corrected chi connectivity index (χ1v) is 9.60. The molecule has 0 spiro atoms. The lowest BCUT2D eigenvalue weighted by Crippen LogP contribution is -2.33. The van der Waals surface area contributed by atoms with E-state index in [1.807, 2.05) is 24.3 Å². The maximum Gasteiger partial charge on any atom is 0.453 e. The summed E-state index contributed by atoms with van der Waals surface area (Å²) in [7, 11) is 0. The van der Waals surface area contributed by atoms with E-state index in [9.17, 15) is 18.0 Å². The number of amides is 1. The summed E-state index contributed by atoms with van der Waals surface area (Å²) in [6.45, 7) is 2.65. The van der Waals surface area contributed by atoms with Crippen molar-refractivity contribution in [2.45, 2.75) is 34.8 Å². The van der Waals surface area contributed by atoms with E-state index in [0.717, 1.165) is 28.8 Å². The molecule has 0 unspecified atom stereocenters. The summed E-state index contributed by atoms with van der Waals surface area (Å²) in [5.41, 5.74) is 0.817. The Hall–Kier alpha value is -1.88. The summed E-state index contributed by atoms with van der Waals surface area (Å²) in [6.07, 6.45) is -3.87. The highest BCUT2D eigenvalue weighted by molar-refractivity contribution is 8.00. The lowest BCUT2D eigenvalue weighted by atomic mass is 10.2. The summed E-state index contributed by atoms with van der Waals surface area (Å²) >= 11 is 2.54. The fourth-order valence-electron chi connectivity index (χ4n) is 2.52. The molecule has 0 saturated carbocycles. The van der Waals surface area contributed by atoms with Crippen molar-refractivity contribution >= 4 is 35.1 Å². The average Bonchev–Trinajstić information content (AvgIpc) is 2.86. The van der Waals surface area contributed by atoms with Crippen LogP contribution in [0.4, 0.5) is 18.9 Å². The lowest BCUT2D eigenvalue weighted by molar-refractivity contribution is -0.146. The van der Waals surface area contributed by atoms with Crippen molar-refractivity contribution < 1.29 is 18.0 Å². The van der Waals surface area contributed by atoms with Gasteiger partial charge >= 0.3 is 6.18 Å². The summed E-state index contributed by atoms with van der Waals surface area (Å²) in [4.78, 5) is 15.4. The summed E-state index contributed by atoms with van der Waals surface area (Å²) < 4.78 is 38.5. The molecule has 6 nitrogen and oxygen atoms in total. The number of anilines is 1. The molecule has 1 aliphatic heterocycles. The fourth-order valence-corrected chi connectivity index (χ4v) is 4.36. The zero-order valence-electron chi connectivity index (χ0n) is 13.7. The Morgan fingerprint density at radius 2 is 2.12 bits per heavy atom. The van der Waals surface area contributed by atoms with Gasteiger partial charge in [-0.25, -0.2) is 4.68 Å². The van der Waals surface area contributed by atoms with Crippen molar-refractivity contribution in [2.75, 3.05) is 23.0 Å². The van der Waals surface area contributed by atoms with Crippen LogP contribution in [0.3, 0.4) is 0 Å². The third kappa shape index (κ3) is 3.93. The van der Waals surface area contributed by atoms with Gasteiger partial charge in [-0.15, -0.1) is 22.0 Å². The number of halogens is 3. The fraction of sp³-hybridized carbons (Fsp3) is 0.400. The molecule has 0 fully saturated rings. The van der Waals surface area contributed by atoms with Crippen LogP contribution in [0.1, 0.15) is 19.2 Å². The summed E-state index contributed by atoms with van der Waals surface area (Å²) in [5.74, 6) is 3.81. The van der Waals surface area contributed by atoms with Crippen LogP contribution in [-0.2, 0) is 11.0 Å². The van der Waals surface area contributed by atoms with Crippen LogP contribution in [0, 0.1) is 0 Å². The molecule has 1 atom stereocenters. The Bertz CT molecular complexity index is 811. The van der Waals surface area contributed by atoms with Gasteiger partial charge < -0.3 is 10.7 Å². The van der Waals surface area contributed by atoms with E-state index in [1.54, 1.807) is 16.7 Å². The minimum Gasteiger partial charge on any atom is -0.335 e. The molecular formula is C15H16F3N5OS2. The van der Waals surface area contributed by atoms with E-state index in [4.69, 9.17) is 5.84 Å². The third-order valence-corrected chi connectivity index (χ3v) is 5.95. The number of nitrogen functional groups attached to an aromatic ring is 1. The molecular weight excluding hydrogens is 387 g/mol. The second-order valence-corrected chi connectivity index (χ2v) is 8.12. The van der Waals surface area contributed by atoms with Crippen molar-refractivity contribution in [2.24, 2.45) is 0 Å². The number of hydrogen-bond acceptors (Lipinski definition) is 6. The largest absolute Gasteiger partial charge is 0.453 e. The molecule has 0 aliphatic carbocycles. The Morgan fingerprint density at radius 1 is 1.38 bits per heavy atom. The van der Waals surface area contributed by atoms with Crippen LogP contribution >= 0.6 is 23.5 Å². The van der Waals surface area contributed by atoms with Gasteiger partial charge in [-0.1, -0.05) is 30.8 Å². The van der Waals surface area contributed by atoms with Crippen LogP contribution in [0.25, 0.3) is 0 Å². The van der Waals surface area contributed by atoms with Gasteiger partial charge in [0.15, 0.2) is 0 Å². The number of benzene rings is 1. The van der Waals surface area contributed by atoms with E-state index in [1.165, 1.54) is 0 Å². The molecule has 1 amide bonds. The Balaban J connectivity index is 1.74. The van der Waals surface area contributed by atoms with E-state index in [2.05, 4.69) is 17.1 Å². The number of carbonyl (C=O) groups excluding carboxylic acids is 1. The van der Waals surface area contributed by atoms with Crippen LogP contribution in [0.5, 0.6) is 0 Å². The van der Waals surface area contributed by atoms with Crippen LogP contribution in [0.2, 0.25) is 0 Å². The molecule has 0 saturated heterocycles. The quantitative estimate of drug-likeness (QED) is 0.627. The topological polar surface area (TPSA) is 77.0 Å². The van der Waals surface area contributed by atoms with E-state index in [0.29, 0.717) is 16.5 Å². The SMILES string of the molecule is C[C@@H]1CCN(C(=O)CSc2nnc(C(F)(F)F)n2N)c2ccccc2S1. The van der Waals surface area contributed by atoms with Gasteiger partial charge in [-0.3, -0.25) is 4.79 Å². The number of para-hydroxylation sites is 1. The molecule has 1 aliphatic rings. The maximum absolute atomic E-state index is 12.7. The number of alkyl halides is 3. The zero-order valence-corrected chi connectivity index (χ0v) is 15.4. The van der Waals surface area contributed by atoms with E-state index < -0.39 is 12.0 Å². The monoisotopic (exact) mass is 403 g/mol. The van der Waals surface area contributed by atoms with Crippen LogP contribution in [0.15, 0.2) is 34.3 Å². The van der Waals surface area contributed by atoms with Gasteiger partial charge in [0.1, 0.15) is 0 Å². The smallest absolute Gasteiger partial charge is 0.335 e. The van der Waals surface area contributed by atoms with Gasteiger partial charge in [0.05, 0.1) is 11.4 Å². The minimum atomic E-state index is -4.69. The zero-order chi connectivity index (χ0) is 18.9. The number of nitrogens with zero attached hydrogens (tertiary/aromatic N) is 4. The first-order chi connectivity index (χ1) is 12.3. The van der Waals surface area contributed by atoms with Gasteiger partial charge in [0, 0.05) is 16.7 Å². The first kappa shape index (κ1) is 18.9. The molecule has 1 aromatic heterocycles. The number of rotatable bonds is 3. The highest BCUT2D eigenvalue weighted by atomic mass is 32.2. The molecule has 2 heterocycles. The first-order valence-electron chi connectivity index (χ1n) is 7.74. The van der Waals surface area contributed by atoms with Crippen molar-refractivity contribution in [1.29, 1.82) is 0 Å². The molecule has 140 valence electrons. The molecule has 3 rings (SSSR count). The number of nitrogens with two attached hydrogens (primary N) is 1.